The van der Waals surface area contributed by atoms with Crippen molar-refractivity contribution in [2.45, 2.75) is 50.9 Å². The van der Waals surface area contributed by atoms with E-state index >= 15 is 0 Å². The fourth-order valence-corrected chi connectivity index (χ4v) is 2.85. The Morgan fingerprint density at radius 3 is 2.67 bits per heavy atom. The Hall–Kier alpha value is -0.820. The van der Waals surface area contributed by atoms with E-state index in [1.54, 1.807) is 0 Å². The molecule has 0 bridgehead atoms. The Morgan fingerprint density at radius 2 is 2.10 bits per heavy atom. The van der Waals surface area contributed by atoms with E-state index < -0.39 is 18.9 Å². The standard InChI is InChI=1S/C14H23F3N2O2/c1-9(10-6-18-7-10)13(20)19-11-3-2-4-12(5-11)21-8-14(15,16)17/h9-12,18H,2-8H2,1H3,(H,19,20). The molecule has 2 fully saturated rings. The summed E-state index contributed by atoms with van der Waals surface area (Å²) in [6.45, 7) is 2.41. The lowest BCUT2D eigenvalue weighted by Crippen LogP contribution is -2.51. The van der Waals surface area contributed by atoms with Crippen LogP contribution in [0.2, 0.25) is 0 Å². The second-order valence-electron chi connectivity index (χ2n) is 6.13. The predicted octanol–water partition coefficient (Wildman–Crippen LogP) is 1.85. The van der Waals surface area contributed by atoms with Gasteiger partial charge in [-0.3, -0.25) is 4.79 Å². The highest BCUT2D eigenvalue weighted by atomic mass is 19.4. The number of nitrogens with one attached hydrogen (secondary N) is 2. The Kier molecular flexibility index (Phi) is 5.48. The van der Waals surface area contributed by atoms with Crippen molar-refractivity contribution in [2.24, 2.45) is 11.8 Å². The van der Waals surface area contributed by atoms with Gasteiger partial charge in [-0.25, -0.2) is 0 Å². The maximum atomic E-state index is 12.2. The molecule has 2 rings (SSSR count). The Bertz CT molecular complexity index is 359. The molecular formula is C14H23F3N2O2. The van der Waals surface area contributed by atoms with Crippen LogP contribution in [0.4, 0.5) is 13.2 Å². The van der Waals surface area contributed by atoms with Gasteiger partial charge in [0.2, 0.25) is 5.91 Å². The maximum Gasteiger partial charge on any atom is 0.411 e. The summed E-state index contributed by atoms with van der Waals surface area (Å²) in [5.74, 6) is 0.316. The number of carbonyl (C=O) groups excluding carboxylic acids is 1. The number of hydrogen-bond acceptors (Lipinski definition) is 3. The molecule has 0 radical (unpaired) electrons. The first-order chi connectivity index (χ1) is 9.85. The van der Waals surface area contributed by atoms with Gasteiger partial charge in [-0.2, -0.15) is 13.2 Å². The zero-order valence-corrected chi connectivity index (χ0v) is 12.2. The van der Waals surface area contributed by atoms with E-state index in [1.165, 1.54) is 0 Å². The minimum absolute atomic E-state index is 0.00275. The van der Waals surface area contributed by atoms with Crippen LogP contribution >= 0.6 is 0 Å². The van der Waals surface area contributed by atoms with Gasteiger partial charge in [0.05, 0.1) is 6.10 Å². The molecule has 21 heavy (non-hydrogen) atoms. The van der Waals surface area contributed by atoms with Crippen molar-refractivity contribution in [3.05, 3.63) is 0 Å². The number of halogens is 3. The second kappa shape index (κ2) is 6.96. The minimum Gasteiger partial charge on any atom is -0.369 e. The highest BCUT2D eigenvalue weighted by molar-refractivity contribution is 5.79. The van der Waals surface area contributed by atoms with Crippen LogP contribution in [0.25, 0.3) is 0 Å². The van der Waals surface area contributed by atoms with Gasteiger partial charge in [-0.1, -0.05) is 6.92 Å². The van der Waals surface area contributed by atoms with Crippen molar-refractivity contribution in [3.63, 3.8) is 0 Å². The molecule has 3 unspecified atom stereocenters. The molecule has 0 spiro atoms. The highest BCUT2D eigenvalue weighted by Gasteiger charge is 2.33. The fraction of sp³-hybridized carbons (Fsp3) is 0.929. The molecule has 0 aromatic rings. The zero-order chi connectivity index (χ0) is 15.5. The number of amides is 1. The topological polar surface area (TPSA) is 50.4 Å². The molecule has 0 aromatic heterocycles. The Balaban J connectivity index is 1.74. The van der Waals surface area contributed by atoms with E-state index in [1.807, 2.05) is 6.92 Å². The van der Waals surface area contributed by atoms with E-state index in [2.05, 4.69) is 10.6 Å². The van der Waals surface area contributed by atoms with Gasteiger partial charge in [0.15, 0.2) is 0 Å². The van der Waals surface area contributed by atoms with Crippen molar-refractivity contribution in [3.8, 4) is 0 Å². The lowest BCUT2D eigenvalue weighted by molar-refractivity contribution is -0.188. The third-order valence-electron chi connectivity index (χ3n) is 4.39. The van der Waals surface area contributed by atoms with Gasteiger partial charge in [0, 0.05) is 12.0 Å². The van der Waals surface area contributed by atoms with E-state index in [-0.39, 0.29) is 17.9 Å². The first-order valence-corrected chi connectivity index (χ1v) is 7.54. The average molecular weight is 308 g/mol. The summed E-state index contributed by atoms with van der Waals surface area (Å²) in [6.07, 6.45) is -2.00. The van der Waals surface area contributed by atoms with Crippen LogP contribution in [0.1, 0.15) is 32.6 Å². The molecule has 2 aliphatic rings. The third-order valence-corrected chi connectivity index (χ3v) is 4.39. The first-order valence-electron chi connectivity index (χ1n) is 7.54. The molecule has 1 saturated heterocycles. The second-order valence-corrected chi connectivity index (χ2v) is 6.13. The van der Waals surface area contributed by atoms with Crippen molar-refractivity contribution >= 4 is 5.91 Å². The van der Waals surface area contributed by atoms with Gasteiger partial charge in [0.25, 0.3) is 0 Å². The van der Waals surface area contributed by atoms with Crippen LogP contribution in [0, 0.1) is 11.8 Å². The summed E-state index contributed by atoms with van der Waals surface area (Å²) in [6, 6.07) is -0.0695. The van der Waals surface area contributed by atoms with E-state index in [0.717, 1.165) is 25.9 Å². The lowest BCUT2D eigenvalue weighted by Gasteiger charge is -2.34. The van der Waals surface area contributed by atoms with Gasteiger partial charge in [-0.15, -0.1) is 0 Å². The number of ether oxygens (including phenoxy) is 1. The first kappa shape index (κ1) is 16.5. The maximum absolute atomic E-state index is 12.2. The van der Waals surface area contributed by atoms with Crippen molar-refractivity contribution < 1.29 is 22.7 Å². The number of carbonyl (C=O) groups is 1. The Morgan fingerprint density at radius 1 is 1.38 bits per heavy atom. The number of hydrogen-bond donors (Lipinski definition) is 2. The summed E-state index contributed by atoms with van der Waals surface area (Å²) in [5, 5.41) is 6.10. The smallest absolute Gasteiger partial charge is 0.369 e. The molecule has 1 saturated carbocycles. The van der Waals surface area contributed by atoms with Gasteiger partial charge in [0.1, 0.15) is 6.61 Å². The van der Waals surface area contributed by atoms with Crippen LogP contribution in [0.3, 0.4) is 0 Å². The summed E-state index contributed by atoms with van der Waals surface area (Å²) >= 11 is 0. The predicted molar refractivity (Wildman–Crippen MR) is 71.7 cm³/mol. The normalized spacial score (nSPS) is 28.8. The molecule has 1 aliphatic carbocycles. The van der Waals surface area contributed by atoms with Crippen LogP contribution in [-0.4, -0.2) is 43.9 Å². The third kappa shape index (κ3) is 5.14. The molecule has 3 atom stereocenters. The number of alkyl halides is 3. The van der Waals surface area contributed by atoms with Crippen LogP contribution < -0.4 is 10.6 Å². The molecule has 1 amide bonds. The van der Waals surface area contributed by atoms with E-state index in [0.29, 0.717) is 18.8 Å². The molecule has 0 aromatic carbocycles. The molecule has 7 heteroatoms. The van der Waals surface area contributed by atoms with Crippen molar-refractivity contribution in [1.82, 2.24) is 10.6 Å². The van der Waals surface area contributed by atoms with Gasteiger partial charge < -0.3 is 15.4 Å². The van der Waals surface area contributed by atoms with Gasteiger partial charge in [-0.05, 0) is 44.7 Å². The fourth-order valence-electron chi connectivity index (χ4n) is 2.85. The quantitative estimate of drug-likeness (QED) is 0.815. The largest absolute Gasteiger partial charge is 0.411 e. The minimum atomic E-state index is -4.29. The molecule has 4 nitrogen and oxygen atoms in total. The molecule has 1 heterocycles. The summed E-state index contributed by atoms with van der Waals surface area (Å²) in [7, 11) is 0. The average Bonchev–Trinajstić information content (AvgIpc) is 2.34. The highest BCUT2D eigenvalue weighted by Crippen LogP contribution is 2.25. The van der Waals surface area contributed by atoms with Crippen molar-refractivity contribution in [2.75, 3.05) is 19.7 Å². The van der Waals surface area contributed by atoms with Gasteiger partial charge >= 0.3 is 6.18 Å². The van der Waals surface area contributed by atoms with E-state index in [9.17, 15) is 18.0 Å². The lowest BCUT2D eigenvalue weighted by atomic mass is 9.87. The SMILES string of the molecule is CC(C(=O)NC1CCCC(OCC(F)(F)F)C1)C1CNC1. The number of rotatable bonds is 5. The van der Waals surface area contributed by atoms with Crippen LogP contribution in [0.15, 0.2) is 0 Å². The molecule has 122 valence electrons. The summed E-state index contributed by atoms with van der Waals surface area (Å²) in [5.41, 5.74) is 0. The molecular weight excluding hydrogens is 285 g/mol. The van der Waals surface area contributed by atoms with Crippen LogP contribution in [-0.2, 0) is 9.53 Å². The summed E-state index contributed by atoms with van der Waals surface area (Å²) in [4.78, 5) is 12.1. The Labute approximate surface area is 122 Å². The zero-order valence-electron chi connectivity index (χ0n) is 12.2. The van der Waals surface area contributed by atoms with Crippen molar-refractivity contribution in [1.29, 1.82) is 0 Å². The molecule has 1 aliphatic heterocycles. The summed E-state index contributed by atoms with van der Waals surface area (Å²) < 4.78 is 41.4. The molecule has 2 N–H and O–H groups in total. The van der Waals surface area contributed by atoms with E-state index in [4.69, 9.17) is 4.74 Å². The monoisotopic (exact) mass is 308 g/mol. The van der Waals surface area contributed by atoms with Crippen LogP contribution in [0.5, 0.6) is 0 Å².